The molecule has 1 aliphatic rings. The largest absolute Gasteiger partial charge is 0.508 e. The fourth-order valence-electron chi connectivity index (χ4n) is 3.58. The summed E-state index contributed by atoms with van der Waals surface area (Å²) in [6.45, 7) is 1.57. The molecule has 0 spiro atoms. The fourth-order valence-corrected chi connectivity index (χ4v) is 3.74. The Morgan fingerprint density at radius 1 is 1.21 bits per heavy atom. The average molecular weight is 483 g/mol. The Bertz CT molecular complexity index is 865. The maximum absolute atomic E-state index is 13.0. The number of thiol groups is 1. The van der Waals surface area contributed by atoms with Crippen molar-refractivity contribution in [1.82, 2.24) is 15.5 Å². The molecule has 11 nitrogen and oxygen atoms in total. The van der Waals surface area contributed by atoms with Crippen LogP contribution in [0.1, 0.15) is 25.3 Å². The first-order valence-electron chi connectivity index (χ1n) is 10.5. The smallest absolute Gasteiger partial charge is 0.328 e. The number of aliphatic hydroxyl groups is 1. The lowest BCUT2D eigenvalue weighted by Gasteiger charge is -2.28. The predicted octanol–water partition coefficient (Wildman–Crippen LogP) is -1.38. The van der Waals surface area contributed by atoms with Gasteiger partial charge in [-0.3, -0.25) is 14.4 Å². The minimum atomic E-state index is -1.57. The molecule has 182 valence electrons. The topological polar surface area (TPSA) is 182 Å². The van der Waals surface area contributed by atoms with E-state index in [1.165, 1.54) is 24.0 Å². The van der Waals surface area contributed by atoms with E-state index in [0.29, 0.717) is 24.9 Å². The van der Waals surface area contributed by atoms with Crippen LogP contribution in [0.25, 0.3) is 0 Å². The van der Waals surface area contributed by atoms with Gasteiger partial charge in [0.15, 0.2) is 6.04 Å². The van der Waals surface area contributed by atoms with E-state index in [1.807, 2.05) is 0 Å². The van der Waals surface area contributed by atoms with Crippen LogP contribution >= 0.6 is 12.6 Å². The Labute approximate surface area is 196 Å². The zero-order valence-corrected chi connectivity index (χ0v) is 19.1. The third-order valence-electron chi connectivity index (χ3n) is 5.41. The average Bonchev–Trinajstić information content (AvgIpc) is 3.26. The molecule has 5 unspecified atom stereocenters. The maximum Gasteiger partial charge on any atom is 0.328 e. The van der Waals surface area contributed by atoms with Crippen molar-refractivity contribution in [3.8, 4) is 5.75 Å². The van der Waals surface area contributed by atoms with Crippen molar-refractivity contribution in [1.29, 1.82) is 0 Å². The molecule has 0 saturated carbocycles. The Morgan fingerprint density at radius 3 is 2.39 bits per heavy atom. The van der Waals surface area contributed by atoms with Crippen LogP contribution in [0.15, 0.2) is 24.3 Å². The Hall–Kier alpha value is -2.83. The van der Waals surface area contributed by atoms with Gasteiger partial charge in [-0.2, -0.15) is 12.6 Å². The number of likely N-dealkylation sites (tertiary alicyclic amines) is 1. The standard InChI is InChI=1S/C21H30N4O7S/c1-11(26)17(21(31)32)24-18(28)15(9-12-4-6-13(27)7-5-12)23-19(29)16-3-2-8-25(16)20(30)14(22)10-33/h4-7,11,14-17,26-27,33H,2-3,8-10,22H2,1H3,(H,23,29)(H,24,28)(H,31,32). The third kappa shape index (κ3) is 7.07. The van der Waals surface area contributed by atoms with Gasteiger partial charge in [-0.25, -0.2) is 4.79 Å². The van der Waals surface area contributed by atoms with Gasteiger partial charge in [0, 0.05) is 18.7 Å². The molecule has 1 heterocycles. The highest BCUT2D eigenvalue weighted by Gasteiger charge is 2.38. The monoisotopic (exact) mass is 482 g/mol. The number of aliphatic carboxylic acids is 1. The van der Waals surface area contributed by atoms with E-state index in [4.69, 9.17) is 5.73 Å². The lowest BCUT2D eigenvalue weighted by Crippen LogP contribution is -2.58. The highest BCUT2D eigenvalue weighted by molar-refractivity contribution is 7.80. The number of aliphatic hydroxyl groups excluding tert-OH is 1. The summed E-state index contributed by atoms with van der Waals surface area (Å²) in [5.41, 5.74) is 6.36. The Morgan fingerprint density at radius 2 is 1.85 bits per heavy atom. The predicted molar refractivity (Wildman–Crippen MR) is 122 cm³/mol. The summed E-state index contributed by atoms with van der Waals surface area (Å²) in [5, 5.41) is 33.3. The van der Waals surface area contributed by atoms with Crippen molar-refractivity contribution in [3.05, 3.63) is 29.8 Å². The summed E-state index contributed by atoms with van der Waals surface area (Å²) in [6.07, 6.45) is -0.417. The Kier molecular flexibility index (Phi) is 9.50. The third-order valence-corrected chi connectivity index (χ3v) is 5.80. The van der Waals surface area contributed by atoms with Crippen LogP contribution in [0, 0.1) is 0 Å². The number of hydrogen-bond donors (Lipinski definition) is 7. The van der Waals surface area contributed by atoms with Gasteiger partial charge in [0.05, 0.1) is 12.1 Å². The molecule has 3 amide bonds. The van der Waals surface area contributed by atoms with Crippen LogP contribution in [0.2, 0.25) is 0 Å². The van der Waals surface area contributed by atoms with E-state index in [9.17, 15) is 34.5 Å². The van der Waals surface area contributed by atoms with Crippen LogP contribution in [-0.4, -0.2) is 86.5 Å². The first-order chi connectivity index (χ1) is 15.5. The SMILES string of the molecule is CC(O)C(NC(=O)C(Cc1ccc(O)cc1)NC(=O)C1CCCN1C(=O)C(N)CS)C(=O)O. The van der Waals surface area contributed by atoms with E-state index >= 15 is 0 Å². The van der Waals surface area contributed by atoms with Gasteiger partial charge in [-0.1, -0.05) is 12.1 Å². The molecule has 7 N–H and O–H groups in total. The van der Waals surface area contributed by atoms with E-state index in [1.54, 1.807) is 12.1 Å². The molecule has 33 heavy (non-hydrogen) atoms. The number of carboxylic acids is 1. The summed E-state index contributed by atoms with van der Waals surface area (Å²) in [6, 6.07) is 1.49. The van der Waals surface area contributed by atoms with Crippen molar-refractivity contribution in [3.63, 3.8) is 0 Å². The lowest BCUT2D eigenvalue weighted by molar-refractivity contribution is -0.145. The van der Waals surface area contributed by atoms with E-state index < -0.39 is 54.0 Å². The quantitative estimate of drug-likeness (QED) is 0.199. The number of aromatic hydroxyl groups is 1. The number of hydrogen-bond acceptors (Lipinski definition) is 8. The molecule has 5 atom stereocenters. The summed E-state index contributed by atoms with van der Waals surface area (Å²) < 4.78 is 0. The highest BCUT2D eigenvalue weighted by Crippen LogP contribution is 2.19. The lowest BCUT2D eigenvalue weighted by atomic mass is 10.0. The Balaban J connectivity index is 2.22. The van der Waals surface area contributed by atoms with Crippen molar-refractivity contribution < 1.29 is 34.5 Å². The highest BCUT2D eigenvalue weighted by atomic mass is 32.1. The minimum absolute atomic E-state index is 0.0131. The summed E-state index contributed by atoms with van der Waals surface area (Å²) >= 11 is 4.03. The number of carbonyl (C=O) groups is 4. The molecule has 0 aromatic heterocycles. The number of carboxylic acid groups (broad SMARTS) is 1. The van der Waals surface area contributed by atoms with Crippen LogP contribution < -0.4 is 16.4 Å². The van der Waals surface area contributed by atoms with Crippen molar-refractivity contribution in [2.24, 2.45) is 5.73 Å². The van der Waals surface area contributed by atoms with E-state index in [-0.39, 0.29) is 17.9 Å². The molecule has 1 aliphatic heterocycles. The molecule has 0 radical (unpaired) electrons. The number of nitrogens with zero attached hydrogens (tertiary/aromatic N) is 1. The van der Waals surface area contributed by atoms with Crippen LogP contribution in [-0.2, 0) is 25.6 Å². The summed E-state index contributed by atoms with van der Waals surface area (Å²) in [7, 11) is 0. The first kappa shape index (κ1) is 26.4. The normalized spacial score (nSPS) is 19.3. The molecule has 1 aromatic rings. The molecular weight excluding hydrogens is 452 g/mol. The molecule has 0 aliphatic carbocycles. The van der Waals surface area contributed by atoms with Crippen LogP contribution in [0.4, 0.5) is 0 Å². The van der Waals surface area contributed by atoms with Gasteiger partial charge in [-0.05, 0) is 37.5 Å². The fraction of sp³-hybridized carbons (Fsp3) is 0.524. The molecule has 1 aromatic carbocycles. The van der Waals surface area contributed by atoms with Gasteiger partial charge in [0.2, 0.25) is 17.7 Å². The van der Waals surface area contributed by atoms with Crippen LogP contribution in [0.3, 0.4) is 0 Å². The molecule has 2 rings (SSSR count). The van der Waals surface area contributed by atoms with Gasteiger partial charge in [0.1, 0.15) is 17.8 Å². The van der Waals surface area contributed by atoms with Gasteiger partial charge in [-0.15, -0.1) is 0 Å². The summed E-state index contributed by atoms with van der Waals surface area (Å²) in [5.74, 6) is -3.10. The van der Waals surface area contributed by atoms with Crippen molar-refractivity contribution >= 4 is 36.3 Å². The summed E-state index contributed by atoms with van der Waals surface area (Å²) in [4.78, 5) is 51.2. The zero-order chi connectivity index (χ0) is 24.7. The van der Waals surface area contributed by atoms with Crippen molar-refractivity contribution in [2.45, 2.75) is 56.5 Å². The number of phenolic OH excluding ortho intramolecular Hbond substituents is 1. The first-order valence-corrected chi connectivity index (χ1v) is 11.1. The number of carbonyl (C=O) groups excluding carboxylic acids is 3. The number of nitrogens with one attached hydrogen (secondary N) is 2. The zero-order valence-electron chi connectivity index (χ0n) is 18.2. The number of phenols is 1. The van der Waals surface area contributed by atoms with Crippen molar-refractivity contribution in [2.75, 3.05) is 12.3 Å². The number of nitrogens with two attached hydrogens (primary N) is 1. The molecule has 12 heteroatoms. The maximum atomic E-state index is 13.0. The number of benzene rings is 1. The number of rotatable bonds is 10. The van der Waals surface area contributed by atoms with Gasteiger partial charge >= 0.3 is 5.97 Å². The second-order valence-electron chi connectivity index (χ2n) is 7.98. The molecule has 1 fully saturated rings. The number of amides is 3. The van der Waals surface area contributed by atoms with E-state index in [2.05, 4.69) is 23.3 Å². The molecular formula is C21H30N4O7S. The van der Waals surface area contributed by atoms with Crippen LogP contribution in [0.5, 0.6) is 5.75 Å². The van der Waals surface area contributed by atoms with E-state index in [0.717, 1.165) is 0 Å². The molecule has 1 saturated heterocycles. The second kappa shape index (κ2) is 11.9. The van der Waals surface area contributed by atoms with Gasteiger partial charge in [0.25, 0.3) is 0 Å². The molecule has 0 bridgehead atoms. The van der Waals surface area contributed by atoms with Gasteiger partial charge < -0.3 is 36.6 Å². The minimum Gasteiger partial charge on any atom is -0.508 e. The second-order valence-corrected chi connectivity index (χ2v) is 8.34.